The van der Waals surface area contributed by atoms with E-state index in [0.29, 0.717) is 28.6 Å². The average molecular weight is 474 g/mol. The monoisotopic (exact) mass is 473 g/mol. The summed E-state index contributed by atoms with van der Waals surface area (Å²) < 4.78 is 1.48. The number of hydrogen-bond acceptors (Lipinski definition) is 5. The summed E-state index contributed by atoms with van der Waals surface area (Å²) in [5.41, 5.74) is 3.07. The lowest BCUT2D eigenvalue weighted by atomic mass is 10.1. The summed E-state index contributed by atoms with van der Waals surface area (Å²) >= 11 is 1.14. The molecule has 0 unspecified atom stereocenters. The van der Waals surface area contributed by atoms with Crippen LogP contribution in [-0.4, -0.2) is 32.3 Å². The van der Waals surface area contributed by atoms with Crippen molar-refractivity contribution in [2.24, 2.45) is 0 Å². The molecule has 0 radical (unpaired) electrons. The van der Waals surface area contributed by atoms with Crippen molar-refractivity contribution >= 4 is 35.0 Å². The minimum absolute atomic E-state index is 0.0208. The van der Waals surface area contributed by atoms with Gasteiger partial charge in [0.15, 0.2) is 5.16 Å². The summed E-state index contributed by atoms with van der Waals surface area (Å²) in [4.78, 5) is 37.6. The Morgan fingerprint density at radius 1 is 0.971 bits per heavy atom. The highest BCUT2D eigenvalue weighted by atomic mass is 32.2. The third kappa shape index (κ3) is 5.81. The molecule has 0 aliphatic heterocycles. The quantitative estimate of drug-likeness (QED) is 0.336. The van der Waals surface area contributed by atoms with E-state index in [-0.39, 0.29) is 23.3 Å². The van der Waals surface area contributed by atoms with Crippen LogP contribution in [0.5, 0.6) is 0 Å². The zero-order valence-electron chi connectivity index (χ0n) is 18.4. The van der Waals surface area contributed by atoms with E-state index in [1.54, 1.807) is 24.3 Å². The van der Waals surface area contributed by atoms with E-state index in [9.17, 15) is 14.4 Å². The molecule has 0 spiro atoms. The van der Waals surface area contributed by atoms with Crippen LogP contribution in [0.4, 0.5) is 11.4 Å². The zero-order chi connectivity index (χ0) is 23.9. The number of para-hydroxylation sites is 1. The number of H-pyrrole nitrogens is 1. The first-order chi connectivity index (χ1) is 16.5. The minimum Gasteiger partial charge on any atom is -0.325 e. The fraction of sp³-hybridized carbons (Fsp3) is 0.120. The Bertz CT molecular complexity index is 1360. The molecule has 4 aromatic rings. The van der Waals surface area contributed by atoms with Gasteiger partial charge in [-0.25, -0.2) is 9.89 Å². The van der Waals surface area contributed by atoms with Crippen molar-refractivity contribution in [1.82, 2.24) is 14.8 Å². The summed E-state index contributed by atoms with van der Waals surface area (Å²) in [6, 6.07) is 23.8. The number of nitrogens with one attached hydrogen (secondary N) is 3. The number of amides is 2. The van der Waals surface area contributed by atoms with E-state index in [1.165, 1.54) is 4.57 Å². The van der Waals surface area contributed by atoms with Gasteiger partial charge in [-0.15, -0.1) is 5.10 Å². The Labute approximate surface area is 200 Å². The van der Waals surface area contributed by atoms with Gasteiger partial charge in [-0.2, -0.15) is 0 Å². The summed E-state index contributed by atoms with van der Waals surface area (Å²) in [6.07, 6.45) is 0. The molecule has 1 aromatic heterocycles. The normalized spacial score (nSPS) is 10.6. The van der Waals surface area contributed by atoms with E-state index >= 15 is 0 Å². The Morgan fingerprint density at radius 3 is 2.53 bits per heavy atom. The zero-order valence-corrected chi connectivity index (χ0v) is 19.3. The van der Waals surface area contributed by atoms with E-state index in [1.807, 2.05) is 61.5 Å². The van der Waals surface area contributed by atoms with E-state index in [0.717, 1.165) is 22.9 Å². The number of thioether (sulfide) groups is 1. The molecule has 3 aromatic carbocycles. The molecule has 0 bridgehead atoms. The number of aromatic amines is 1. The number of anilines is 2. The molecule has 0 atom stereocenters. The predicted octanol–water partition coefficient (Wildman–Crippen LogP) is 3.91. The predicted molar refractivity (Wildman–Crippen MR) is 133 cm³/mol. The van der Waals surface area contributed by atoms with Crippen molar-refractivity contribution in [3.8, 4) is 0 Å². The second kappa shape index (κ2) is 10.7. The Kier molecular flexibility index (Phi) is 7.24. The molecule has 0 saturated carbocycles. The standard InChI is InChI=1S/C25H23N5O3S/c1-17-8-7-11-19(14-17)26-23(32)20-12-5-6-13-21(20)27-22(31)16-34-25-29-28-24(33)30(25)15-18-9-3-2-4-10-18/h2-14H,15-16H2,1H3,(H,26,32)(H,27,31)(H,28,33). The van der Waals surface area contributed by atoms with Crippen molar-refractivity contribution in [2.45, 2.75) is 18.6 Å². The van der Waals surface area contributed by atoms with Gasteiger partial charge in [0.2, 0.25) is 5.91 Å². The highest BCUT2D eigenvalue weighted by molar-refractivity contribution is 7.99. The van der Waals surface area contributed by atoms with Crippen molar-refractivity contribution in [2.75, 3.05) is 16.4 Å². The van der Waals surface area contributed by atoms with E-state index in [2.05, 4.69) is 20.8 Å². The van der Waals surface area contributed by atoms with Crippen LogP contribution in [0.15, 0.2) is 88.8 Å². The maximum Gasteiger partial charge on any atom is 0.344 e. The molecule has 2 amide bonds. The topological polar surface area (TPSA) is 109 Å². The van der Waals surface area contributed by atoms with Crippen LogP contribution in [-0.2, 0) is 11.3 Å². The maximum atomic E-state index is 12.8. The van der Waals surface area contributed by atoms with Gasteiger partial charge in [0.05, 0.1) is 23.5 Å². The summed E-state index contributed by atoms with van der Waals surface area (Å²) in [7, 11) is 0. The van der Waals surface area contributed by atoms with Crippen LogP contribution in [0.3, 0.4) is 0 Å². The molecule has 0 aliphatic carbocycles. The van der Waals surface area contributed by atoms with Gasteiger partial charge in [-0.05, 0) is 42.3 Å². The fourth-order valence-electron chi connectivity index (χ4n) is 3.35. The molecule has 0 aliphatic rings. The van der Waals surface area contributed by atoms with Gasteiger partial charge in [0, 0.05) is 5.69 Å². The summed E-state index contributed by atoms with van der Waals surface area (Å²) in [5, 5.41) is 12.5. The molecule has 0 fully saturated rings. The van der Waals surface area contributed by atoms with Crippen molar-refractivity contribution in [3.63, 3.8) is 0 Å². The van der Waals surface area contributed by atoms with Gasteiger partial charge < -0.3 is 10.6 Å². The number of benzene rings is 3. The Hall–Kier alpha value is -4.11. The number of aryl methyl sites for hydroxylation is 1. The Morgan fingerprint density at radius 2 is 1.74 bits per heavy atom. The van der Waals surface area contributed by atoms with E-state index < -0.39 is 0 Å². The van der Waals surface area contributed by atoms with Crippen LogP contribution in [0.2, 0.25) is 0 Å². The third-order valence-electron chi connectivity index (χ3n) is 4.96. The molecular weight excluding hydrogens is 450 g/mol. The van der Waals surface area contributed by atoms with Gasteiger partial charge in [0.25, 0.3) is 5.91 Å². The number of carbonyl (C=O) groups is 2. The largest absolute Gasteiger partial charge is 0.344 e. The minimum atomic E-state index is -0.343. The summed E-state index contributed by atoms with van der Waals surface area (Å²) in [5.74, 6) is -0.618. The van der Waals surface area contributed by atoms with Gasteiger partial charge >= 0.3 is 5.69 Å². The molecule has 1 heterocycles. The van der Waals surface area contributed by atoms with Crippen molar-refractivity contribution in [1.29, 1.82) is 0 Å². The van der Waals surface area contributed by atoms with Crippen LogP contribution in [0.25, 0.3) is 0 Å². The van der Waals surface area contributed by atoms with Crippen LogP contribution in [0.1, 0.15) is 21.5 Å². The molecule has 9 heteroatoms. The average Bonchev–Trinajstić information content (AvgIpc) is 3.18. The molecule has 34 heavy (non-hydrogen) atoms. The number of rotatable bonds is 8. The second-order valence-corrected chi connectivity index (χ2v) is 8.53. The highest BCUT2D eigenvalue weighted by Crippen LogP contribution is 2.20. The Balaban J connectivity index is 1.41. The molecule has 8 nitrogen and oxygen atoms in total. The number of aromatic nitrogens is 3. The molecule has 172 valence electrons. The van der Waals surface area contributed by atoms with Crippen molar-refractivity contribution in [3.05, 3.63) is 106 Å². The van der Waals surface area contributed by atoms with Gasteiger partial charge in [-0.1, -0.05) is 66.4 Å². The second-order valence-electron chi connectivity index (χ2n) is 7.59. The first-order valence-corrected chi connectivity index (χ1v) is 11.6. The fourth-order valence-corrected chi connectivity index (χ4v) is 4.09. The van der Waals surface area contributed by atoms with Crippen LogP contribution < -0.4 is 16.3 Å². The van der Waals surface area contributed by atoms with Crippen molar-refractivity contribution < 1.29 is 9.59 Å². The van der Waals surface area contributed by atoms with Crippen LogP contribution in [0, 0.1) is 6.92 Å². The van der Waals surface area contributed by atoms with E-state index in [4.69, 9.17) is 0 Å². The molecular formula is C25H23N5O3S. The lowest BCUT2D eigenvalue weighted by Crippen LogP contribution is -2.20. The molecule has 3 N–H and O–H groups in total. The lowest BCUT2D eigenvalue weighted by Gasteiger charge is -2.12. The SMILES string of the molecule is Cc1cccc(NC(=O)c2ccccc2NC(=O)CSc2n[nH]c(=O)n2Cc2ccccc2)c1. The smallest absolute Gasteiger partial charge is 0.325 e. The molecule has 4 rings (SSSR count). The van der Waals surface area contributed by atoms with Gasteiger partial charge in [-0.3, -0.25) is 14.2 Å². The lowest BCUT2D eigenvalue weighted by molar-refractivity contribution is -0.113. The van der Waals surface area contributed by atoms with Crippen LogP contribution >= 0.6 is 11.8 Å². The summed E-state index contributed by atoms with van der Waals surface area (Å²) in [6.45, 7) is 2.29. The third-order valence-corrected chi connectivity index (χ3v) is 5.94. The highest BCUT2D eigenvalue weighted by Gasteiger charge is 2.16. The first kappa shape index (κ1) is 23.1. The number of nitrogens with zero attached hydrogens (tertiary/aromatic N) is 2. The maximum absolute atomic E-state index is 12.8. The molecule has 0 saturated heterocycles. The number of carbonyl (C=O) groups excluding carboxylic acids is 2. The number of hydrogen-bond donors (Lipinski definition) is 3. The van der Waals surface area contributed by atoms with Gasteiger partial charge in [0.1, 0.15) is 0 Å². The first-order valence-electron chi connectivity index (χ1n) is 10.6.